The molecule has 1 N–H and O–H groups in total. The summed E-state index contributed by atoms with van der Waals surface area (Å²) in [5.41, 5.74) is 2.39. The van der Waals surface area contributed by atoms with E-state index in [2.05, 4.69) is 5.32 Å². The minimum absolute atomic E-state index is 0.0248. The Bertz CT molecular complexity index is 1170. The molecule has 3 aromatic carbocycles. The molecule has 0 unspecified atom stereocenters. The maximum absolute atomic E-state index is 13.5. The summed E-state index contributed by atoms with van der Waals surface area (Å²) >= 11 is 11.7. The molecule has 1 aliphatic rings. The van der Waals surface area contributed by atoms with E-state index in [-0.39, 0.29) is 18.2 Å². The first-order valence-electron chi connectivity index (χ1n) is 10.8. The zero-order valence-corrected chi connectivity index (χ0v) is 20.2. The minimum atomic E-state index is -0.703. The van der Waals surface area contributed by atoms with E-state index in [1.807, 2.05) is 35.2 Å². The molecule has 0 aliphatic carbocycles. The number of amides is 2. The van der Waals surface area contributed by atoms with Crippen LogP contribution in [0.2, 0.25) is 5.02 Å². The molecule has 3 aromatic rings. The number of hydrogen-bond acceptors (Lipinski definition) is 4. The van der Waals surface area contributed by atoms with Crippen molar-refractivity contribution in [2.45, 2.75) is 18.9 Å². The van der Waals surface area contributed by atoms with E-state index in [1.54, 1.807) is 55.6 Å². The first-order chi connectivity index (χ1) is 16.5. The van der Waals surface area contributed by atoms with Crippen molar-refractivity contribution in [1.82, 2.24) is 4.90 Å². The van der Waals surface area contributed by atoms with Gasteiger partial charge in [-0.1, -0.05) is 41.9 Å². The molecule has 1 atom stereocenters. The Balaban J connectivity index is 1.55. The lowest BCUT2D eigenvalue weighted by Crippen LogP contribution is -2.39. The highest BCUT2D eigenvalue weighted by atomic mass is 35.5. The number of anilines is 2. The average Bonchev–Trinajstić information content (AvgIpc) is 3.08. The van der Waals surface area contributed by atoms with Gasteiger partial charge in [0.2, 0.25) is 5.91 Å². The molecular weight excluding hydrogens is 470 g/mol. The van der Waals surface area contributed by atoms with E-state index < -0.39 is 6.04 Å². The Morgan fingerprint density at radius 3 is 2.35 bits per heavy atom. The number of thiocarbonyl (C=S) groups is 1. The second-order valence-electron chi connectivity index (χ2n) is 7.86. The van der Waals surface area contributed by atoms with Crippen molar-refractivity contribution < 1.29 is 14.3 Å². The Morgan fingerprint density at radius 1 is 1.03 bits per heavy atom. The molecule has 8 heteroatoms. The van der Waals surface area contributed by atoms with Crippen LogP contribution in [0, 0.1) is 0 Å². The maximum Gasteiger partial charge on any atom is 0.256 e. The summed E-state index contributed by atoms with van der Waals surface area (Å²) < 4.78 is 5.22. The Hall–Kier alpha value is -3.42. The van der Waals surface area contributed by atoms with Crippen molar-refractivity contribution in [2.75, 3.05) is 23.9 Å². The molecular formula is C26H24ClN3O3S. The SMILES string of the molecule is COc1ccc(N2C(=O)[C@H](CC(=O)Nc3ccc(Cl)cc3)N(CCc3ccccc3)C2=S)cc1. The smallest absolute Gasteiger partial charge is 0.256 e. The third-order valence-corrected chi connectivity index (χ3v) is 6.31. The Labute approximate surface area is 209 Å². The molecule has 0 spiro atoms. The largest absolute Gasteiger partial charge is 0.497 e. The van der Waals surface area contributed by atoms with Gasteiger partial charge in [-0.05, 0) is 72.7 Å². The molecule has 0 saturated carbocycles. The third-order valence-electron chi connectivity index (χ3n) is 5.64. The number of halogens is 1. The van der Waals surface area contributed by atoms with Crippen LogP contribution >= 0.6 is 23.8 Å². The summed E-state index contributed by atoms with van der Waals surface area (Å²) in [4.78, 5) is 29.7. The maximum atomic E-state index is 13.5. The van der Waals surface area contributed by atoms with Gasteiger partial charge in [0.15, 0.2) is 5.11 Å². The van der Waals surface area contributed by atoms with Crippen molar-refractivity contribution >= 4 is 52.1 Å². The zero-order valence-electron chi connectivity index (χ0n) is 18.6. The van der Waals surface area contributed by atoms with Crippen LogP contribution in [0.25, 0.3) is 0 Å². The highest BCUT2D eigenvalue weighted by Crippen LogP contribution is 2.29. The van der Waals surface area contributed by atoms with Crippen molar-refractivity contribution in [3.05, 3.63) is 89.4 Å². The second kappa shape index (κ2) is 10.7. The summed E-state index contributed by atoms with van der Waals surface area (Å²) in [6, 6.07) is 23.2. The van der Waals surface area contributed by atoms with E-state index in [0.717, 1.165) is 5.56 Å². The predicted molar refractivity (Wildman–Crippen MR) is 138 cm³/mol. The fraction of sp³-hybridized carbons (Fsp3) is 0.192. The normalized spacial score (nSPS) is 15.5. The van der Waals surface area contributed by atoms with Gasteiger partial charge in [-0.15, -0.1) is 0 Å². The molecule has 1 saturated heterocycles. The molecule has 174 valence electrons. The van der Waals surface area contributed by atoms with Crippen molar-refractivity contribution in [1.29, 1.82) is 0 Å². The summed E-state index contributed by atoms with van der Waals surface area (Å²) in [5, 5.41) is 3.81. The van der Waals surface area contributed by atoms with Crippen LogP contribution < -0.4 is 15.0 Å². The van der Waals surface area contributed by atoms with Gasteiger partial charge in [-0.3, -0.25) is 14.5 Å². The number of nitrogens with one attached hydrogen (secondary N) is 1. The highest BCUT2D eigenvalue weighted by Gasteiger charge is 2.43. The van der Waals surface area contributed by atoms with Gasteiger partial charge in [0, 0.05) is 17.3 Å². The number of rotatable bonds is 8. The topological polar surface area (TPSA) is 61.9 Å². The molecule has 6 nitrogen and oxygen atoms in total. The molecule has 1 aliphatic heterocycles. The fourth-order valence-electron chi connectivity index (χ4n) is 3.87. The number of nitrogens with zero attached hydrogens (tertiary/aromatic N) is 2. The number of hydrogen-bond donors (Lipinski definition) is 1. The lowest BCUT2D eigenvalue weighted by atomic mass is 10.1. The van der Waals surface area contributed by atoms with E-state index in [0.29, 0.717) is 40.2 Å². The molecule has 0 radical (unpaired) electrons. The van der Waals surface area contributed by atoms with Crippen LogP contribution in [0.15, 0.2) is 78.9 Å². The number of ether oxygens (including phenoxy) is 1. The number of benzene rings is 3. The minimum Gasteiger partial charge on any atom is -0.497 e. The second-order valence-corrected chi connectivity index (χ2v) is 8.66. The lowest BCUT2D eigenvalue weighted by Gasteiger charge is -2.24. The molecule has 1 fully saturated rings. The number of methoxy groups -OCH3 is 1. The van der Waals surface area contributed by atoms with Gasteiger partial charge < -0.3 is 15.0 Å². The van der Waals surface area contributed by atoms with E-state index >= 15 is 0 Å². The Kier molecular flexibility index (Phi) is 7.45. The van der Waals surface area contributed by atoms with E-state index in [1.165, 1.54) is 4.90 Å². The molecule has 0 bridgehead atoms. The van der Waals surface area contributed by atoms with Gasteiger partial charge in [0.1, 0.15) is 11.8 Å². The van der Waals surface area contributed by atoms with E-state index in [9.17, 15) is 9.59 Å². The fourth-order valence-corrected chi connectivity index (χ4v) is 4.41. The molecule has 1 heterocycles. The zero-order chi connectivity index (χ0) is 24.1. The molecule has 4 rings (SSSR count). The standard InChI is InChI=1S/C26H24ClN3O3S/c1-33-22-13-11-21(12-14-22)30-25(32)23(17-24(31)28-20-9-7-19(27)8-10-20)29(26(30)34)16-15-18-5-3-2-4-6-18/h2-14,23H,15-17H2,1H3,(H,28,31)/t23-/m0/s1. The van der Waals surface area contributed by atoms with Crippen molar-refractivity contribution in [2.24, 2.45) is 0 Å². The summed E-state index contributed by atoms with van der Waals surface area (Å²) in [6.45, 7) is 0.514. The lowest BCUT2D eigenvalue weighted by molar-refractivity contribution is -0.124. The van der Waals surface area contributed by atoms with Gasteiger partial charge in [-0.2, -0.15) is 0 Å². The molecule has 2 amide bonds. The summed E-state index contributed by atoms with van der Waals surface area (Å²) in [7, 11) is 1.58. The van der Waals surface area contributed by atoms with Gasteiger partial charge >= 0.3 is 0 Å². The van der Waals surface area contributed by atoms with Crippen LogP contribution in [0.3, 0.4) is 0 Å². The van der Waals surface area contributed by atoms with Crippen LogP contribution in [0.5, 0.6) is 5.75 Å². The number of carbonyl (C=O) groups excluding carboxylic acids is 2. The molecule has 34 heavy (non-hydrogen) atoms. The van der Waals surface area contributed by atoms with Crippen LogP contribution in [0.4, 0.5) is 11.4 Å². The monoisotopic (exact) mass is 493 g/mol. The predicted octanol–water partition coefficient (Wildman–Crippen LogP) is 4.92. The average molecular weight is 494 g/mol. The van der Waals surface area contributed by atoms with E-state index in [4.69, 9.17) is 28.6 Å². The quantitative estimate of drug-likeness (QED) is 0.451. The highest BCUT2D eigenvalue weighted by molar-refractivity contribution is 7.80. The Morgan fingerprint density at radius 2 is 1.71 bits per heavy atom. The third kappa shape index (κ3) is 5.38. The van der Waals surface area contributed by atoms with Gasteiger partial charge in [-0.25, -0.2) is 0 Å². The van der Waals surface area contributed by atoms with Gasteiger partial charge in [0.05, 0.1) is 19.2 Å². The summed E-state index contributed by atoms with van der Waals surface area (Å²) in [6.07, 6.45) is 0.670. The number of carbonyl (C=O) groups is 2. The van der Waals surface area contributed by atoms with Crippen LogP contribution in [-0.4, -0.2) is 41.5 Å². The van der Waals surface area contributed by atoms with Crippen molar-refractivity contribution in [3.63, 3.8) is 0 Å². The van der Waals surface area contributed by atoms with Crippen LogP contribution in [0.1, 0.15) is 12.0 Å². The molecule has 0 aromatic heterocycles. The first-order valence-corrected chi connectivity index (χ1v) is 11.6. The van der Waals surface area contributed by atoms with Crippen molar-refractivity contribution in [3.8, 4) is 5.75 Å². The van der Waals surface area contributed by atoms with Crippen LogP contribution in [-0.2, 0) is 16.0 Å². The summed E-state index contributed by atoms with van der Waals surface area (Å²) in [5.74, 6) is 0.181. The first kappa shape index (κ1) is 23.7. The van der Waals surface area contributed by atoms with Gasteiger partial charge in [0.25, 0.3) is 5.91 Å².